The summed E-state index contributed by atoms with van der Waals surface area (Å²) >= 11 is 1.75. The first kappa shape index (κ1) is 13.5. The predicted octanol–water partition coefficient (Wildman–Crippen LogP) is 3.33. The Morgan fingerprint density at radius 1 is 0.955 bits per heavy atom. The van der Waals surface area contributed by atoms with Gasteiger partial charge in [0.1, 0.15) is 12.1 Å². The second-order valence-corrected chi connectivity index (χ2v) is 6.48. The first-order chi connectivity index (χ1) is 10.8. The molecule has 22 heavy (non-hydrogen) atoms. The fourth-order valence-electron chi connectivity index (χ4n) is 3.00. The lowest BCUT2D eigenvalue weighted by Gasteiger charge is -2.36. The number of benzene rings is 1. The topological polar surface area (TPSA) is 32.3 Å². The van der Waals surface area contributed by atoms with Crippen LogP contribution in [0.3, 0.4) is 0 Å². The van der Waals surface area contributed by atoms with E-state index in [2.05, 4.69) is 62.4 Å². The van der Waals surface area contributed by atoms with Crippen molar-refractivity contribution in [3.63, 3.8) is 0 Å². The summed E-state index contributed by atoms with van der Waals surface area (Å²) in [5, 5.41) is 2.17. The Balaban J connectivity index is 1.56. The third-order valence-electron chi connectivity index (χ3n) is 4.21. The van der Waals surface area contributed by atoms with Crippen LogP contribution in [-0.4, -0.2) is 36.1 Å². The Labute approximate surface area is 134 Å². The molecule has 4 nitrogen and oxygen atoms in total. The third-order valence-corrected chi connectivity index (χ3v) is 5.30. The zero-order chi connectivity index (χ0) is 14.9. The molecule has 0 radical (unpaired) electrons. The lowest BCUT2D eigenvalue weighted by atomic mass is 10.2. The molecular weight excluding hydrogens is 292 g/mol. The van der Waals surface area contributed by atoms with Crippen LogP contribution in [-0.2, 0) is 0 Å². The highest BCUT2D eigenvalue weighted by Crippen LogP contribution is 2.31. The molecule has 1 aliphatic heterocycles. The molecule has 2 aromatic heterocycles. The molecule has 1 saturated heterocycles. The molecule has 0 N–H and O–H groups in total. The minimum atomic E-state index is 0.998. The maximum absolute atomic E-state index is 4.55. The van der Waals surface area contributed by atoms with Crippen LogP contribution in [0.4, 0.5) is 11.5 Å². The number of piperazine rings is 1. The summed E-state index contributed by atoms with van der Waals surface area (Å²) in [4.78, 5) is 13.8. The summed E-state index contributed by atoms with van der Waals surface area (Å²) in [7, 11) is 0. The van der Waals surface area contributed by atoms with E-state index in [0.717, 1.165) is 37.5 Å². The maximum atomic E-state index is 4.55. The van der Waals surface area contributed by atoms with Gasteiger partial charge in [-0.2, -0.15) is 0 Å². The van der Waals surface area contributed by atoms with E-state index in [4.69, 9.17) is 0 Å². The number of nitrogens with zero attached hydrogens (tertiary/aromatic N) is 4. The summed E-state index contributed by atoms with van der Waals surface area (Å²) in [6, 6.07) is 10.6. The van der Waals surface area contributed by atoms with Crippen molar-refractivity contribution in [1.82, 2.24) is 9.97 Å². The Kier molecular flexibility index (Phi) is 3.42. The van der Waals surface area contributed by atoms with Crippen LogP contribution in [0.5, 0.6) is 0 Å². The van der Waals surface area contributed by atoms with Crippen LogP contribution in [0.2, 0.25) is 0 Å². The highest BCUT2D eigenvalue weighted by molar-refractivity contribution is 7.18. The number of hydrogen-bond donors (Lipinski definition) is 0. The summed E-state index contributed by atoms with van der Waals surface area (Å²) in [6.45, 7) is 6.17. The zero-order valence-corrected chi connectivity index (χ0v) is 13.4. The molecule has 3 heterocycles. The largest absolute Gasteiger partial charge is 0.368 e. The van der Waals surface area contributed by atoms with Gasteiger partial charge in [0.05, 0.1) is 10.2 Å². The van der Waals surface area contributed by atoms with Crippen molar-refractivity contribution in [2.24, 2.45) is 0 Å². The standard InChI is InChI=1S/C17H18N4S/c1-13-11-22-16-15(13)18-12-19-17(16)21-9-7-20(8-10-21)14-5-3-2-4-6-14/h2-6,11-12H,7-10H2,1H3. The molecule has 0 amide bonds. The third kappa shape index (κ3) is 2.31. The van der Waals surface area contributed by atoms with Crippen molar-refractivity contribution >= 4 is 33.1 Å². The second kappa shape index (κ2) is 5.57. The number of aromatic nitrogens is 2. The van der Waals surface area contributed by atoms with Gasteiger partial charge in [0.2, 0.25) is 0 Å². The van der Waals surface area contributed by atoms with Gasteiger partial charge in [0, 0.05) is 31.9 Å². The van der Waals surface area contributed by atoms with Gasteiger partial charge in [0.25, 0.3) is 0 Å². The first-order valence-electron chi connectivity index (χ1n) is 7.56. The van der Waals surface area contributed by atoms with E-state index < -0.39 is 0 Å². The van der Waals surface area contributed by atoms with Gasteiger partial charge >= 0.3 is 0 Å². The van der Waals surface area contributed by atoms with E-state index >= 15 is 0 Å². The van der Waals surface area contributed by atoms with Gasteiger partial charge in [-0.1, -0.05) is 18.2 Å². The number of anilines is 2. The van der Waals surface area contributed by atoms with Gasteiger partial charge in [0.15, 0.2) is 0 Å². The van der Waals surface area contributed by atoms with Gasteiger partial charge in [-0.25, -0.2) is 9.97 Å². The predicted molar refractivity (Wildman–Crippen MR) is 93.0 cm³/mol. The number of fused-ring (bicyclic) bond motifs is 1. The molecule has 0 unspecified atom stereocenters. The molecule has 0 aliphatic carbocycles. The monoisotopic (exact) mass is 310 g/mol. The van der Waals surface area contributed by atoms with Crippen molar-refractivity contribution in [3.8, 4) is 0 Å². The van der Waals surface area contributed by atoms with Crippen LogP contribution < -0.4 is 9.80 Å². The SMILES string of the molecule is Cc1csc2c(N3CCN(c4ccccc4)CC3)ncnc12. The van der Waals surface area contributed by atoms with Crippen LogP contribution in [0, 0.1) is 6.92 Å². The van der Waals surface area contributed by atoms with E-state index in [1.54, 1.807) is 17.7 Å². The van der Waals surface area contributed by atoms with Crippen LogP contribution in [0.1, 0.15) is 5.56 Å². The van der Waals surface area contributed by atoms with Crippen LogP contribution >= 0.6 is 11.3 Å². The Hall–Kier alpha value is -2.14. The molecule has 1 aliphatic rings. The molecule has 5 heteroatoms. The molecule has 3 aromatic rings. The van der Waals surface area contributed by atoms with Gasteiger partial charge in [-0.05, 0) is 30.0 Å². The van der Waals surface area contributed by atoms with E-state index in [0.29, 0.717) is 0 Å². The molecule has 0 spiro atoms. The fraction of sp³-hybridized carbons (Fsp3) is 0.294. The molecule has 1 fully saturated rings. The molecule has 4 rings (SSSR count). The average molecular weight is 310 g/mol. The van der Waals surface area contributed by atoms with E-state index in [-0.39, 0.29) is 0 Å². The first-order valence-corrected chi connectivity index (χ1v) is 8.44. The molecule has 1 aromatic carbocycles. The Morgan fingerprint density at radius 2 is 1.68 bits per heavy atom. The highest BCUT2D eigenvalue weighted by Gasteiger charge is 2.21. The lowest BCUT2D eigenvalue weighted by molar-refractivity contribution is 0.649. The summed E-state index contributed by atoms with van der Waals surface area (Å²) < 4.78 is 1.22. The van der Waals surface area contributed by atoms with Crippen LogP contribution in [0.25, 0.3) is 10.2 Å². The number of hydrogen-bond acceptors (Lipinski definition) is 5. The molecule has 0 bridgehead atoms. The smallest absolute Gasteiger partial charge is 0.150 e. The van der Waals surface area contributed by atoms with Gasteiger partial charge < -0.3 is 9.80 Å². The summed E-state index contributed by atoms with van der Waals surface area (Å²) in [6.07, 6.45) is 1.70. The lowest BCUT2D eigenvalue weighted by Crippen LogP contribution is -2.46. The van der Waals surface area contributed by atoms with Gasteiger partial charge in [-0.3, -0.25) is 0 Å². The number of thiophene rings is 1. The van der Waals surface area contributed by atoms with Crippen molar-refractivity contribution in [1.29, 1.82) is 0 Å². The van der Waals surface area contributed by atoms with Crippen molar-refractivity contribution in [2.45, 2.75) is 6.92 Å². The molecular formula is C17H18N4S. The van der Waals surface area contributed by atoms with E-state index in [1.165, 1.54) is 16.0 Å². The quantitative estimate of drug-likeness (QED) is 0.727. The molecule has 0 saturated carbocycles. The van der Waals surface area contributed by atoms with Crippen molar-refractivity contribution in [2.75, 3.05) is 36.0 Å². The molecule has 0 atom stereocenters. The normalized spacial score (nSPS) is 15.5. The van der Waals surface area contributed by atoms with Crippen molar-refractivity contribution in [3.05, 3.63) is 47.6 Å². The second-order valence-electron chi connectivity index (χ2n) is 5.60. The highest BCUT2D eigenvalue weighted by atomic mass is 32.1. The number of aryl methyl sites for hydroxylation is 1. The van der Waals surface area contributed by atoms with Gasteiger partial charge in [-0.15, -0.1) is 11.3 Å². The Bertz CT molecular complexity index is 776. The number of para-hydroxylation sites is 1. The summed E-state index contributed by atoms with van der Waals surface area (Å²) in [5.74, 6) is 1.09. The number of rotatable bonds is 2. The van der Waals surface area contributed by atoms with Crippen LogP contribution in [0.15, 0.2) is 42.0 Å². The fourth-order valence-corrected chi connectivity index (χ4v) is 4.02. The minimum Gasteiger partial charge on any atom is -0.368 e. The van der Waals surface area contributed by atoms with E-state index in [9.17, 15) is 0 Å². The maximum Gasteiger partial charge on any atom is 0.150 e. The summed E-state index contributed by atoms with van der Waals surface area (Å²) in [5.41, 5.74) is 3.65. The minimum absolute atomic E-state index is 0.998. The zero-order valence-electron chi connectivity index (χ0n) is 12.6. The van der Waals surface area contributed by atoms with E-state index in [1.807, 2.05) is 0 Å². The average Bonchev–Trinajstić information content (AvgIpc) is 2.97. The molecule has 112 valence electrons. The Morgan fingerprint density at radius 3 is 2.45 bits per heavy atom. The van der Waals surface area contributed by atoms with Crippen molar-refractivity contribution < 1.29 is 0 Å².